The van der Waals surface area contributed by atoms with Crippen LogP contribution in [0.2, 0.25) is 0 Å². The number of likely N-dealkylation sites (tertiary alicyclic amines) is 1. The van der Waals surface area contributed by atoms with Crippen LogP contribution in [-0.2, 0) is 25.6 Å². The van der Waals surface area contributed by atoms with Crippen molar-refractivity contribution in [2.75, 3.05) is 20.2 Å². The Hall–Kier alpha value is -2.77. The number of carbonyl (C=O) groups is 3. The molecule has 1 saturated heterocycles. The zero-order chi connectivity index (χ0) is 20.0. The van der Waals surface area contributed by atoms with Gasteiger partial charge in [0.15, 0.2) is 0 Å². The Bertz CT molecular complexity index is 671. The van der Waals surface area contributed by atoms with E-state index in [2.05, 4.69) is 5.32 Å². The van der Waals surface area contributed by atoms with Crippen LogP contribution in [0.5, 0.6) is 0 Å². The summed E-state index contributed by atoms with van der Waals surface area (Å²) >= 11 is 0. The molecule has 1 heterocycles. The van der Waals surface area contributed by atoms with Gasteiger partial charge in [0, 0.05) is 13.1 Å². The van der Waals surface area contributed by atoms with E-state index in [1.165, 1.54) is 12.0 Å². The number of benzene rings is 1. The molecule has 0 radical (unpaired) electrons. The van der Waals surface area contributed by atoms with Crippen molar-refractivity contribution in [1.82, 2.24) is 10.2 Å². The van der Waals surface area contributed by atoms with E-state index in [-0.39, 0.29) is 19.7 Å². The van der Waals surface area contributed by atoms with Crippen molar-refractivity contribution in [1.29, 1.82) is 0 Å². The number of hydrogen-bond acceptors (Lipinski definition) is 6. The minimum absolute atomic E-state index is 0.102. The molecule has 8 nitrogen and oxygen atoms in total. The van der Waals surface area contributed by atoms with E-state index in [1.807, 2.05) is 30.3 Å². The summed E-state index contributed by atoms with van der Waals surface area (Å²) in [6.45, 7) is 5.62. The number of carbonyl (C=O) groups excluding carboxylic acids is 3. The molecule has 2 unspecified atom stereocenters. The van der Waals surface area contributed by atoms with Crippen molar-refractivity contribution in [3.8, 4) is 0 Å². The van der Waals surface area contributed by atoms with Gasteiger partial charge < -0.3 is 24.4 Å². The van der Waals surface area contributed by atoms with E-state index in [0.717, 1.165) is 5.56 Å². The quantitative estimate of drug-likeness (QED) is 0.638. The normalized spacial score (nSPS) is 19.3. The summed E-state index contributed by atoms with van der Waals surface area (Å²) in [6, 6.07) is 8.62. The average Bonchev–Trinajstić information content (AvgIpc) is 3.03. The van der Waals surface area contributed by atoms with Crippen LogP contribution >= 0.6 is 0 Å². The van der Waals surface area contributed by atoms with Gasteiger partial charge in [-0.1, -0.05) is 30.3 Å². The molecule has 0 aromatic heterocycles. The van der Waals surface area contributed by atoms with Gasteiger partial charge in [-0.3, -0.25) is 4.79 Å². The van der Waals surface area contributed by atoms with Crippen molar-refractivity contribution in [3.63, 3.8) is 0 Å². The maximum Gasteiger partial charge on any atom is 0.410 e. The van der Waals surface area contributed by atoms with Gasteiger partial charge in [0.25, 0.3) is 0 Å². The van der Waals surface area contributed by atoms with E-state index in [0.29, 0.717) is 0 Å². The van der Waals surface area contributed by atoms with Crippen LogP contribution in [0.3, 0.4) is 0 Å². The molecule has 1 aromatic rings. The Morgan fingerprint density at radius 3 is 2.41 bits per heavy atom. The summed E-state index contributed by atoms with van der Waals surface area (Å²) in [4.78, 5) is 37.8. The average molecular weight is 378 g/mol. The molecular weight excluding hydrogens is 352 g/mol. The fourth-order valence-corrected chi connectivity index (χ4v) is 2.73. The van der Waals surface area contributed by atoms with Crippen LogP contribution in [0.15, 0.2) is 30.3 Å². The SMILES string of the molecule is COC(=O)C1CN(C(=O)OC(C)(C)C)CC1NC(=O)OCc1ccccc1. The highest BCUT2D eigenvalue weighted by molar-refractivity contribution is 5.78. The lowest BCUT2D eigenvalue weighted by Gasteiger charge is -2.24. The standard InChI is InChI=1S/C19H26N2O6/c1-19(2,3)27-18(24)21-10-14(16(22)25-4)15(11-21)20-17(23)26-12-13-8-6-5-7-9-13/h5-9,14-15H,10-12H2,1-4H3,(H,20,23). The highest BCUT2D eigenvalue weighted by atomic mass is 16.6. The van der Waals surface area contributed by atoms with Gasteiger partial charge >= 0.3 is 18.2 Å². The molecule has 0 saturated carbocycles. The molecule has 1 aromatic carbocycles. The Labute approximate surface area is 158 Å². The van der Waals surface area contributed by atoms with E-state index < -0.39 is 35.7 Å². The second-order valence-electron chi connectivity index (χ2n) is 7.33. The van der Waals surface area contributed by atoms with Crippen LogP contribution in [0.25, 0.3) is 0 Å². The van der Waals surface area contributed by atoms with Crippen molar-refractivity contribution in [2.45, 2.75) is 39.0 Å². The van der Waals surface area contributed by atoms with Crippen LogP contribution in [0.4, 0.5) is 9.59 Å². The number of amides is 2. The molecule has 8 heteroatoms. The largest absolute Gasteiger partial charge is 0.469 e. The summed E-state index contributed by atoms with van der Waals surface area (Å²) in [5, 5.41) is 2.65. The highest BCUT2D eigenvalue weighted by Gasteiger charge is 2.42. The molecule has 148 valence electrons. The summed E-state index contributed by atoms with van der Waals surface area (Å²) in [7, 11) is 1.27. The van der Waals surface area contributed by atoms with Gasteiger partial charge in [0.2, 0.25) is 0 Å². The fourth-order valence-electron chi connectivity index (χ4n) is 2.73. The van der Waals surface area contributed by atoms with Crippen LogP contribution < -0.4 is 5.32 Å². The van der Waals surface area contributed by atoms with Crippen molar-refractivity contribution >= 4 is 18.2 Å². The zero-order valence-corrected chi connectivity index (χ0v) is 16.1. The first-order chi connectivity index (χ1) is 12.7. The topological polar surface area (TPSA) is 94.2 Å². The zero-order valence-electron chi connectivity index (χ0n) is 16.1. The second-order valence-corrected chi connectivity index (χ2v) is 7.33. The number of ether oxygens (including phenoxy) is 3. The molecule has 0 spiro atoms. The van der Waals surface area contributed by atoms with Crippen LogP contribution in [-0.4, -0.2) is 54.9 Å². The summed E-state index contributed by atoms with van der Waals surface area (Å²) in [5.41, 5.74) is 0.191. The minimum Gasteiger partial charge on any atom is -0.469 e. The van der Waals surface area contributed by atoms with Gasteiger partial charge in [0.05, 0.1) is 19.1 Å². The summed E-state index contributed by atoms with van der Waals surface area (Å²) < 4.78 is 15.3. The van der Waals surface area contributed by atoms with E-state index in [9.17, 15) is 14.4 Å². The first kappa shape index (κ1) is 20.5. The van der Waals surface area contributed by atoms with Gasteiger partial charge in [0.1, 0.15) is 12.2 Å². The number of nitrogens with zero attached hydrogens (tertiary/aromatic N) is 1. The molecule has 1 fully saturated rings. The number of rotatable bonds is 4. The van der Waals surface area contributed by atoms with E-state index in [1.54, 1.807) is 20.8 Å². The number of methoxy groups -OCH3 is 1. The van der Waals surface area contributed by atoms with Gasteiger partial charge in [-0.2, -0.15) is 0 Å². The van der Waals surface area contributed by atoms with Gasteiger partial charge in [-0.15, -0.1) is 0 Å². The Morgan fingerprint density at radius 2 is 1.81 bits per heavy atom. The van der Waals surface area contributed by atoms with Gasteiger partial charge in [-0.25, -0.2) is 9.59 Å². The number of alkyl carbamates (subject to hydrolysis) is 1. The second kappa shape index (κ2) is 8.75. The third-order valence-electron chi connectivity index (χ3n) is 3.99. The van der Waals surface area contributed by atoms with Crippen molar-refractivity contribution in [3.05, 3.63) is 35.9 Å². The van der Waals surface area contributed by atoms with Gasteiger partial charge in [-0.05, 0) is 26.3 Å². The maximum absolute atomic E-state index is 12.3. The fraction of sp³-hybridized carbons (Fsp3) is 0.526. The molecule has 1 aliphatic rings. The summed E-state index contributed by atoms with van der Waals surface area (Å²) in [6.07, 6.45) is -1.21. The number of hydrogen-bond donors (Lipinski definition) is 1. The lowest BCUT2D eigenvalue weighted by atomic mass is 10.0. The Balaban J connectivity index is 1.96. The lowest BCUT2D eigenvalue weighted by molar-refractivity contribution is -0.145. The Morgan fingerprint density at radius 1 is 1.15 bits per heavy atom. The number of esters is 1. The molecule has 27 heavy (non-hydrogen) atoms. The third kappa shape index (κ3) is 6.16. The van der Waals surface area contributed by atoms with E-state index >= 15 is 0 Å². The first-order valence-corrected chi connectivity index (χ1v) is 8.72. The van der Waals surface area contributed by atoms with Crippen molar-refractivity contribution < 1.29 is 28.6 Å². The predicted molar refractivity (Wildman–Crippen MR) is 96.9 cm³/mol. The van der Waals surface area contributed by atoms with Crippen LogP contribution in [0, 0.1) is 5.92 Å². The predicted octanol–water partition coefficient (Wildman–Crippen LogP) is 2.32. The lowest BCUT2D eigenvalue weighted by Crippen LogP contribution is -2.43. The molecule has 1 N–H and O–H groups in total. The minimum atomic E-state index is -0.688. The van der Waals surface area contributed by atoms with E-state index in [4.69, 9.17) is 14.2 Å². The molecule has 2 atom stereocenters. The maximum atomic E-state index is 12.3. The monoisotopic (exact) mass is 378 g/mol. The molecule has 2 rings (SSSR count). The summed E-state index contributed by atoms with van der Waals surface area (Å²) in [5.74, 6) is -1.19. The first-order valence-electron chi connectivity index (χ1n) is 8.72. The van der Waals surface area contributed by atoms with Crippen molar-refractivity contribution in [2.24, 2.45) is 5.92 Å². The third-order valence-corrected chi connectivity index (χ3v) is 3.99. The van der Waals surface area contributed by atoms with Crippen LogP contribution in [0.1, 0.15) is 26.3 Å². The Kier molecular flexibility index (Phi) is 6.65. The molecule has 2 amide bonds. The molecule has 0 aliphatic carbocycles. The number of nitrogens with one attached hydrogen (secondary N) is 1. The smallest absolute Gasteiger partial charge is 0.410 e. The molecule has 0 bridgehead atoms. The molecule has 1 aliphatic heterocycles. The molecular formula is C19H26N2O6. The highest BCUT2D eigenvalue weighted by Crippen LogP contribution is 2.21.